The van der Waals surface area contributed by atoms with Crippen molar-refractivity contribution in [1.82, 2.24) is 0 Å². The second-order valence-electron chi connectivity index (χ2n) is 8.43. The highest BCUT2D eigenvalue weighted by Gasteiger charge is 2.68. The molecule has 0 aromatic rings. The molecular weight excluding hydrogens is 338 g/mol. The molecule has 2 spiro atoms. The Kier molecular flexibility index (Phi) is 4.09. The smallest absolute Gasteiger partial charge is 0.211 e. The van der Waals surface area contributed by atoms with E-state index in [9.17, 15) is 10.4 Å². The van der Waals surface area contributed by atoms with Gasteiger partial charge >= 0.3 is 0 Å². The summed E-state index contributed by atoms with van der Waals surface area (Å²) in [6.07, 6.45) is 6.95. The van der Waals surface area contributed by atoms with E-state index in [-0.39, 0.29) is 0 Å². The van der Waals surface area contributed by atoms with Crippen LogP contribution in [0.3, 0.4) is 0 Å². The average Bonchev–Trinajstić information content (AvgIpc) is 3.29. The van der Waals surface area contributed by atoms with Gasteiger partial charge in [-0.1, -0.05) is 12.8 Å². The lowest BCUT2D eigenvalue weighted by Crippen LogP contribution is -2.53. The van der Waals surface area contributed by atoms with Crippen LogP contribution in [0.25, 0.3) is 0 Å². The van der Waals surface area contributed by atoms with Crippen LogP contribution in [0, 0.1) is 11.3 Å². The van der Waals surface area contributed by atoms with Gasteiger partial charge in [0.1, 0.15) is 18.3 Å². The lowest BCUT2D eigenvalue weighted by atomic mass is 9.90. The van der Waals surface area contributed by atoms with Crippen LogP contribution >= 0.6 is 0 Å². The fourth-order valence-electron chi connectivity index (χ4n) is 5.30. The number of nitrogens with zero attached hydrogens (tertiary/aromatic N) is 1. The van der Waals surface area contributed by atoms with Crippen molar-refractivity contribution in [2.75, 3.05) is 6.61 Å². The molecule has 5 fully saturated rings. The molecule has 3 aliphatic heterocycles. The van der Waals surface area contributed by atoms with Gasteiger partial charge in [-0.3, -0.25) is 0 Å². The number of fused-ring (bicyclic) bond motifs is 1. The van der Waals surface area contributed by atoms with Gasteiger partial charge in [-0.15, -0.1) is 0 Å². The van der Waals surface area contributed by atoms with Crippen molar-refractivity contribution in [2.24, 2.45) is 0 Å². The van der Waals surface area contributed by atoms with Gasteiger partial charge in [0.05, 0.1) is 6.61 Å². The second-order valence-corrected chi connectivity index (χ2v) is 8.43. The third kappa shape index (κ3) is 2.55. The molecule has 7 heteroatoms. The van der Waals surface area contributed by atoms with Crippen LogP contribution in [-0.4, -0.2) is 53.5 Å². The van der Waals surface area contributed by atoms with Crippen LogP contribution < -0.4 is 0 Å². The van der Waals surface area contributed by atoms with Gasteiger partial charge in [0.2, 0.25) is 5.60 Å². The van der Waals surface area contributed by atoms with Crippen molar-refractivity contribution in [3.05, 3.63) is 0 Å². The predicted molar refractivity (Wildman–Crippen MR) is 87.6 cm³/mol. The Hall–Kier alpha value is -0.750. The van der Waals surface area contributed by atoms with Crippen LogP contribution in [0.5, 0.6) is 0 Å². The summed E-state index contributed by atoms with van der Waals surface area (Å²) in [7, 11) is 0. The standard InChI is InChI=1S/C19H27NO6/c20-12-19(21)14(13-11-22-17(24-13)7-3-1-4-8-17)23-16-15(19)25-18(26-16)9-5-2-6-10-18/h13-16,21H,1-11H2/t13-,14-,15-,16+,19-/m0/s1. The fourth-order valence-corrected chi connectivity index (χ4v) is 5.30. The summed E-state index contributed by atoms with van der Waals surface area (Å²) in [5.41, 5.74) is -1.79. The highest BCUT2D eigenvalue weighted by atomic mass is 16.8. The Labute approximate surface area is 153 Å². The van der Waals surface area contributed by atoms with E-state index in [1.807, 2.05) is 6.07 Å². The summed E-state index contributed by atoms with van der Waals surface area (Å²) in [5.74, 6) is -1.28. The van der Waals surface area contributed by atoms with E-state index < -0.39 is 41.8 Å². The maximum absolute atomic E-state index is 11.2. The first kappa shape index (κ1) is 17.4. The lowest BCUT2D eigenvalue weighted by molar-refractivity contribution is -0.266. The SMILES string of the molecule is N#C[C@@]1(O)[C@H]2OC3(CCCCC3)O[C@H]2O[C@H]1[C@@H]1COC2(CCCCC2)O1. The minimum absolute atomic E-state index is 0.319. The Morgan fingerprint density at radius 3 is 2.12 bits per heavy atom. The van der Waals surface area contributed by atoms with E-state index in [4.69, 9.17) is 23.7 Å². The molecule has 1 N–H and O–H groups in total. The number of nitriles is 1. The quantitative estimate of drug-likeness (QED) is 0.712. The molecule has 2 saturated carbocycles. The molecule has 5 rings (SSSR count). The first-order chi connectivity index (χ1) is 12.6. The summed E-state index contributed by atoms with van der Waals surface area (Å²) in [4.78, 5) is 0. The van der Waals surface area contributed by atoms with Crippen molar-refractivity contribution in [3.63, 3.8) is 0 Å². The molecule has 26 heavy (non-hydrogen) atoms. The molecule has 7 nitrogen and oxygen atoms in total. The highest BCUT2D eigenvalue weighted by molar-refractivity contribution is 5.20. The first-order valence-electron chi connectivity index (χ1n) is 10.0. The molecule has 2 aliphatic carbocycles. The number of hydrogen-bond donors (Lipinski definition) is 1. The monoisotopic (exact) mass is 365 g/mol. The van der Waals surface area contributed by atoms with Crippen molar-refractivity contribution < 1.29 is 28.8 Å². The first-order valence-corrected chi connectivity index (χ1v) is 10.0. The molecule has 5 aliphatic rings. The summed E-state index contributed by atoms with van der Waals surface area (Å²) in [6.45, 7) is 0.319. The zero-order valence-electron chi connectivity index (χ0n) is 15.0. The summed E-state index contributed by atoms with van der Waals surface area (Å²) in [6, 6.07) is 2.04. The van der Waals surface area contributed by atoms with E-state index in [1.54, 1.807) is 0 Å². The van der Waals surface area contributed by atoms with Crippen LogP contribution in [0.4, 0.5) is 0 Å². The maximum atomic E-state index is 11.2. The normalized spacial score (nSPS) is 46.5. The zero-order valence-corrected chi connectivity index (χ0v) is 15.0. The molecule has 0 aromatic heterocycles. The van der Waals surface area contributed by atoms with Gasteiger partial charge in [0, 0.05) is 25.7 Å². The maximum Gasteiger partial charge on any atom is 0.211 e. The summed E-state index contributed by atoms with van der Waals surface area (Å²) in [5, 5.41) is 20.9. The van der Waals surface area contributed by atoms with Crippen LogP contribution in [0.1, 0.15) is 64.2 Å². The third-order valence-corrected chi connectivity index (χ3v) is 6.69. The van der Waals surface area contributed by atoms with Gasteiger partial charge in [-0.25, -0.2) is 0 Å². The molecule has 0 bridgehead atoms. The number of aliphatic hydroxyl groups is 1. The van der Waals surface area contributed by atoms with E-state index in [0.717, 1.165) is 57.8 Å². The fraction of sp³-hybridized carbons (Fsp3) is 0.947. The van der Waals surface area contributed by atoms with Crippen LogP contribution in [0.2, 0.25) is 0 Å². The van der Waals surface area contributed by atoms with Crippen LogP contribution in [-0.2, 0) is 23.7 Å². The Morgan fingerprint density at radius 2 is 1.46 bits per heavy atom. The Balaban J connectivity index is 1.33. The number of rotatable bonds is 1. The highest BCUT2D eigenvalue weighted by Crippen LogP contribution is 2.50. The molecule has 3 saturated heterocycles. The van der Waals surface area contributed by atoms with Crippen molar-refractivity contribution in [3.8, 4) is 6.07 Å². The second kappa shape index (κ2) is 6.13. The molecule has 0 unspecified atom stereocenters. The summed E-state index contributed by atoms with van der Waals surface area (Å²) >= 11 is 0. The molecular formula is C19H27NO6. The number of hydrogen-bond acceptors (Lipinski definition) is 7. The number of ether oxygens (including phenoxy) is 5. The largest absolute Gasteiger partial charge is 0.371 e. The Bertz CT molecular complexity index is 593. The van der Waals surface area contributed by atoms with Crippen molar-refractivity contribution in [2.45, 2.75) is 106 Å². The molecule has 144 valence electrons. The topological polar surface area (TPSA) is 90.2 Å². The zero-order chi connectivity index (χ0) is 17.8. The van der Waals surface area contributed by atoms with Gasteiger partial charge in [0.25, 0.3) is 0 Å². The predicted octanol–water partition coefficient (Wildman–Crippen LogP) is 2.12. The van der Waals surface area contributed by atoms with E-state index in [1.165, 1.54) is 6.42 Å². The molecule has 5 atom stereocenters. The van der Waals surface area contributed by atoms with E-state index >= 15 is 0 Å². The van der Waals surface area contributed by atoms with E-state index in [0.29, 0.717) is 6.61 Å². The van der Waals surface area contributed by atoms with Crippen molar-refractivity contribution in [1.29, 1.82) is 5.26 Å². The molecule has 3 heterocycles. The Morgan fingerprint density at radius 1 is 0.808 bits per heavy atom. The molecule has 0 aromatic carbocycles. The van der Waals surface area contributed by atoms with Gasteiger partial charge in [-0.05, 0) is 25.7 Å². The van der Waals surface area contributed by atoms with Gasteiger partial charge in [-0.2, -0.15) is 5.26 Å². The minimum atomic E-state index is -1.79. The minimum Gasteiger partial charge on any atom is -0.371 e. The molecule has 0 amide bonds. The average molecular weight is 365 g/mol. The van der Waals surface area contributed by atoms with Crippen molar-refractivity contribution >= 4 is 0 Å². The third-order valence-electron chi connectivity index (χ3n) is 6.69. The van der Waals surface area contributed by atoms with Gasteiger partial charge in [0.15, 0.2) is 24.0 Å². The van der Waals surface area contributed by atoms with Gasteiger partial charge < -0.3 is 28.8 Å². The van der Waals surface area contributed by atoms with E-state index in [2.05, 4.69) is 0 Å². The lowest BCUT2D eigenvalue weighted by Gasteiger charge is -2.36. The molecule has 0 radical (unpaired) electrons. The van der Waals surface area contributed by atoms with Crippen LogP contribution in [0.15, 0.2) is 0 Å². The summed E-state index contributed by atoms with van der Waals surface area (Å²) < 4.78 is 30.4.